The van der Waals surface area contributed by atoms with Crippen LogP contribution in [0.4, 0.5) is 0 Å². The monoisotopic (exact) mass is 288 g/mol. The van der Waals surface area contributed by atoms with Crippen molar-refractivity contribution in [1.82, 2.24) is 4.90 Å². The molecule has 0 saturated carbocycles. The lowest BCUT2D eigenvalue weighted by atomic mass is 10.0. The van der Waals surface area contributed by atoms with Gasteiger partial charge in [0.15, 0.2) is 0 Å². The molecule has 0 bridgehead atoms. The van der Waals surface area contributed by atoms with E-state index in [2.05, 4.69) is 49.2 Å². The first-order valence-electron chi connectivity index (χ1n) is 6.82. The Kier molecular flexibility index (Phi) is 5.18. The Bertz CT molecular complexity index is 551. The second-order valence-corrected chi connectivity index (χ2v) is 5.58. The van der Waals surface area contributed by atoms with Gasteiger partial charge < -0.3 is 5.73 Å². The minimum absolute atomic E-state index is 0.201. The van der Waals surface area contributed by atoms with Crippen LogP contribution in [-0.4, -0.2) is 18.5 Å². The third kappa shape index (κ3) is 3.60. The Hall–Kier alpha value is -1.35. The summed E-state index contributed by atoms with van der Waals surface area (Å²) in [5.74, 6) is 0. The number of nitrogens with two attached hydrogens (primary N) is 1. The summed E-state index contributed by atoms with van der Waals surface area (Å²) in [6.45, 7) is 3.47. The van der Waals surface area contributed by atoms with Crippen molar-refractivity contribution in [1.29, 1.82) is 0 Å². The molecule has 2 rings (SSSR count). The van der Waals surface area contributed by atoms with Gasteiger partial charge in [0.25, 0.3) is 0 Å². The maximum absolute atomic E-state index is 6.23. The van der Waals surface area contributed by atoms with Gasteiger partial charge >= 0.3 is 0 Å². The Morgan fingerprint density at radius 1 is 1.10 bits per heavy atom. The highest BCUT2D eigenvalue weighted by molar-refractivity contribution is 6.31. The summed E-state index contributed by atoms with van der Waals surface area (Å²) in [6, 6.07) is 16.7. The lowest BCUT2D eigenvalue weighted by molar-refractivity contribution is 0.242. The fourth-order valence-corrected chi connectivity index (χ4v) is 2.56. The zero-order chi connectivity index (χ0) is 14.5. The standard InChI is InChI=1S/C17H21ClN2/c1-13-7-9-14(10-8-13)17(11-19)20(2)12-15-5-3-4-6-16(15)18/h3-10,17H,11-12,19H2,1-2H3. The number of halogens is 1. The summed E-state index contributed by atoms with van der Waals surface area (Å²) in [6.07, 6.45) is 0. The lowest BCUT2D eigenvalue weighted by Crippen LogP contribution is -2.30. The predicted octanol–water partition coefficient (Wildman–Crippen LogP) is 3.78. The zero-order valence-corrected chi connectivity index (χ0v) is 12.8. The molecule has 2 aromatic carbocycles. The maximum atomic E-state index is 6.23. The van der Waals surface area contributed by atoms with E-state index >= 15 is 0 Å². The summed E-state index contributed by atoms with van der Waals surface area (Å²) in [5.41, 5.74) is 9.59. The molecule has 0 heterocycles. The van der Waals surface area contributed by atoms with Crippen LogP contribution in [-0.2, 0) is 6.54 Å². The molecule has 106 valence electrons. The van der Waals surface area contributed by atoms with Crippen LogP contribution < -0.4 is 5.73 Å². The number of hydrogen-bond donors (Lipinski definition) is 1. The van der Waals surface area contributed by atoms with Gasteiger partial charge in [0, 0.05) is 24.2 Å². The number of hydrogen-bond acceptors (Lipinski definition) is 2. The smallest absolute Gasteiger partial charge is 0.0470 e. The number of rotatable bonds is 5. The molecule has 20 heavy (non-hydrogen) atoms. The molecule has 1 unspecified atom stereocenters. The molecule has 3 heteroatoms. The lowest BCUT2D eigenvalue weighted by Gasteiger charge is -2.28. The van der Waals surface area contributed by atoms with Gasteiger partial charge in [0.1, 0.15) is 0 Å². The summed E-state index contributed by atoms with van der Waals surface area (Å²) in [5, 5.41) is 0.805. The van der Waals surface area contributed by atoms with Gasteiger partial charge in [0.2, 0.25) is 0 Å². The molecule has 2 nitrogen and oxygen atoms in total. The molecule has 0 fully saturated rings. The number of likely N-dealkylation sites (N-methyl/N-ethyl adjacent to an activating group) is 1. The largest absolute Gasteiger partial charge is 0.329 e. The number of benzene rings is 2. The second kappa shape index (κ2) is 6.89. The molecular weight excluding hydrogens is 268 g/mol. The molecule has 0 aliphatic carbocycles. The summed E-state index contributed by atoms with van der Waals surface area (Å²) in [4.78, 5) is 2.24. The van der Waals surface area contributed by atoms with Crippen LogP contribution in [0.3, 0.4) is 0 Å². The van der Waals surface area contributed by atoms with Gasteiger partial charge in [-0.1, -0.05) is 59.6 Å². The van der Waals surface area contributed by atoms with Crippen LogP contribution >= 0.6 is 11.6 Å². The average molecular weight is 289 g/mol. The van der Waals surface area contributed by atoms with E-state index in [1.165, 1.54) is 11.1 Å². The Morgan fingerprint density at radius 2 is 1.75 bits per heavy atom. The van der Waals surface area contributed by atoms with Gasteiger partial charge in [-0.3, -0.25) is 4.90 Å². The predicted molar refractivity (Wildman–Crippen MR) is 85.9 cm³/mol. The van der Waals surface area contributed by atoms with E-state index in [4.69, 9.17) is 17.3 Å². The third-order valence-corrected chi connectivity index (χ3v) is 3.96. The van der Waals surface area contributed by atoms with E-state index < -0.39 is 0 Å². The van der Waals surface area contributed by atoms with E-state index in [1.807, 2.05) is 18.2 Å². The quantitative estimate of drug-likeness (QED) is 0.907. The highest BCUT2D eigenvalue weighted by atomic mass is 35.5. The topological polar surface area (TPSA) is 29.3 Å². The first kappa shape index (κ1) is 15.0. The maximum Gasteiger partial charge on any atom is 0.0470 e. The van der Waals surface area contributed by atoms with Crippen molar-refractivity contribution in [2.24, 2.45) is 5.73 Å². The van der Waals surface area contributed by atoms with Crippen molar-refractivity contribution in [3.63, 3.8) is 0 Å². The molecule has 0 saturated heterocycles. The third-order valence-electron chi connectivity index (χ3n) is 3.60. The highest BCUT2D eigenvalue weighted by Gasteiger charge is 2.16. The van der Waals surface area contributed by atoms with Crippen LogP contribution in [0.25, 0.3) is 0 Å². The fraction of sp³-hybridized carbons (Fsp3) is 0.294. The van der Waals surface area contributed by atoms with Crippen molar-refractivity contribution in [2.75, 3.05) is 13.6 Å². The van der Waals surface area contributed by atoms with Crippen molar-refractivity contribution < 1.29 is 0 Å². The van der Waals surface area contributed by atoms with Crippen molar-refractivity contribution in [3.8, 4) is 0 Å². The van der Waals surface area contributed by atoms with Crippen molar-refractivity contribution in [2.45, 2.75) is 19.5 Å². The fourth-order valence-electron chi connectivity index (χ4n) is 2.36. The van der Waals surface area contributed by atoms with Crippen molar-refractivity contribution in [3.05, 3.63) is 70.2 Å². The molecule has 2 aromatic rings. The summed E-state index contributed by atoms with van der Waals surface area (Å²) in [7, 11) is 2.08. The zero-order valence-electron chi connectivity index (χ0n) is 12.0. The van der Waals surface area contributed by atoms with E-state index in [-0.39, 0.29) is 6.04 Å². The number of nitrogens with zero attached hydrogens (tertiary/aromatic N) is 1. The minimum atomic E-state index is 0.201. The molecule has 0 radical (unpaired) electrons. The van der Waals surface area contributed by atoms with Crippen LogP contribution in [0, 0.1) is 6.92 Å². The van der Waals surface area contributed by atoms with Crippen LogP contribution in [0.2, 0.25) is 5.02 Å². The molecule has 0 aliphatic heterocycles. The van der Waals surface area contributed by atoms with E-state index in [9.17, 15) is 0 Å². The first-order valence-corrected chi connectivity index (χ1v) is 7.20. The van der Waals surface area contributed by atoms with Gasteiger partial charge in [-0.2, -0.15) is 0 Å². The average Bonchev–Trinajstić information content (AvgIpc) is 2.44. The van der Waals surface area contributed by atoms with Gasteiger partial charge in [0.05, 0.1) is 0 Å². The molecule has 0 amide bonds. The van der Waals surface area contributed by atoms with Gasteiger partial charge in [-0.25, -0.2) is 0 Å². The van der Waals surface area contributed by atoms with Crippen LogP contribution in [0.5, 0.6) is 0 Å². The van der Waals surface area contributed by atoms with E-state index in [0.717, 1.165) is 17.1 Å². The SMILES string of the molecule is Cc1ccc(C(CN)N(C)Cc2ccccc2Cl)cc1. The first-order chi connectivity index (χ1) is 9.61. The van der Waals surface area contributed by atoms with E-state index in [0.29, 0.717) is 6.54 Å². The number of aryl methyl sites for hydroxylation is 1. The van der Waals surface area contributed by atoms with E-state index in [1.54, 1.807) is 0 Å². The van der Waals surface area contributed by atoms with Gasteiger partial charge in [-0.15, -0.1) is 0 Å². The second-order valence-electron chi connectivity index (χ2n) is 5.17. The normalized spacial score (nSPS) is 12.7. The molecule has 2 N–H and O–H groups in total. The molecule has 1 atom stereocenters. The summed E-state index contributed by atoms with van der Waals surface area (Å²) < 4.78 is 0. The molecule has 0 aromatic heterocycles. The molecular formula is C17H21ClN2. The highest BCUT2D eigenvalue weighted by Crippen LogP contribution is 2.23. The molecule has 0 aliphatic rings. The Balaban J connectivity index is 2.15. The summed E-state index contributed by atoms with van der Waals surface area (Å²) >= 11 is 6.23. The Morgan fingerprint density at radius 3 is 2.35 bits per heavy atom. The van der Waals surface area contributed by atoms with Crippen LogP contribution in [0.15, 0.2) is 48.5 Å². The van der Waals surface area contributed by atoms with Crippen molar-refractivity contribution >= 4 is 11.6 Å². The minimum Gasteiger partial charge on any atom is -0.329 e. The molecule has 0 spiro atoms. The Labute approximate surface area is 126 Å². The van der Waals surface area contributed by atoms with Gasteiger partial charge in [-0.05, 0) is 31.2 Å². The van der Waals surface area contributed by atoms with Crippen LogP contribution in [0.1, 0.15) is 22.7 Å².